The van der Waals surface area contributed by atoms with Crippen LogP contribution in [0.2, 0.25) is 0 Å². The molecule has 13 rings (SSSR count). The molecular formula is C61H40N2. The van der Waals surface area contributed by atoms with Crippen molar-refractivity contribution >= 4 is 66.4 Å². The highest BCUT2D eigenvalue weighted by Gasteiger charge is 2.52. The Balaban J connectivity index is 1.06. The number of hydrogen-bond acceptors (Lipinski definition) is 2. The number of rotatable bonds is 6. The fourth-order valence-electron chi connectivity index (χ4n) is 11.0. The quantitative estimate of drug-likeness (QED) is 0.155. The van der Waals surface area contributed by atoms with Crippen LogP contribution in [-0.2, 0) is 5.41 Å². The second-order valence-corrected chi connectivity index (χ2v) is 16.8. The third-order valence-corrected chi connectivity index (χ3v) is 13.6. The second kappa shape index (κ2) is 13.9. The molecule has 0 saturated carbocycles. The van der Waals surface area contributed by atoms with E-state index in [1.807, 2.05) is 0 Å². The number of benzene rings is 11. The molecule has 0 N–H and O–H groups in total. The molecule has 63 heavy (non-hydrogen) atoms. The average Bonchev–Trinajstić information content (AvgIpc) is 3.82. The van der Waals surface area contributed by atoms with Crippen molar-refractivity contribution in [2.24, 2.45) is 0 Å². The zero-order valence-electron chi connectivity index (χ0n) is 34.5. The summed E-state index contributed by atoms with van der Waals surface area (Å²) in [4.78, 5) is 4.89. The molecule has 0 aromatic heterocycles. The molecule has 1 spiro atoms. The summed E-state index contributed by atoms with van der Waals surface area (Å²) in [6.45, 7) is 0. The molecule has 0 heterocycles. The lowest BCUT2D eigenvalue weighted by molar-refractivity contribution is 0.793. The topological polar surface area (TPSA) is 6.48 Å². The van der Waals surface area contributed by atoms with Gasteiger partial charge in [0.25, 0.3) is 0 Å². The minimum Gasteiger partial charge on any atom is -0.310 e. The van der Waals surface area contributed by atoms with Crippen molar-refractivity contribution < 1.29 is 0 Å². The Morgan fingerprint density at radius 2 is 0.762 bits per heavy atom. The van der Waals surface area contributed by atoms with Crippen LogP contribution >= 0.6 is 0 Å². The van der Waals surface area contributed by atoms with Gasteiger partial charge < -0.3 is 9.80 Å². The van der Waals surface area contributed by atoms with Gasteiger partial charge in [0.1, 0.15) is 0 Å². The fraction of sp³-hybridized carbons (Fsp3) is 0.0164. The van der Waals surface area contributed by atoms with Gasteiger partial charge in [-0.15, -0.1) is 0 Å². The largest absolute Gasteiger partial charge is 0.310 e. The van der Waals surface area contributed by atoms with Gasteiger partial charge in [0, 0.05) is 34.0 Å². The summed E-state index contributed by atoms with van der Waals surface area (Å²) in [5.74, 6) is 0. The molecule has 294 valence electrons. The molecule has 0 saturated heterocycles. The van der Waals surface area contributed by atoms with Crippen molar-refractivity contribution in [2.45, 2.75) is 5.41 Å². The summed E-state index contributed by atoms with van der Waals surface area (Å²) in [5, 5.41) is 7.46. The number of para-hydroxylation sites is 2. The molecule has 0 amide bonds. The number of hydrogen-bond donors (Lipinski definition) is 0. The Labute approximate surface area is 367 Å². The van der Waals surface area contributed by atoms with Gasteiger partial charge in [-0.05, 0) is 138 Å². The molecule has 2 heteroatoms. The van der Waals surface area contributed by atoms with E-state index < -0.39 is 5.41 Å². The van der Waals surface area contributed by atoms with Gasteiger partial charge in [-0.25, -0.2) is 0 Å². The molecule has 0 radical (unpaired) electrons. The van der Waals surface area contributed by atoms with E-state index in [4.69, 9.17) is 0 Å². The van der Waals surface area contributed by atoms with Crippen molar-refractivity contribution in [1.82, 2.24) is 0 Å². The van der Waals surface area contributed by atoms with Crippen molar-refractivity contribution in [2.75, 3.05) is 9.80 Å². The van der Waals surface area contributed by atoms with E-state index in [9.17, 15) is 0 Å². The van der Waals surface area contributed by atoms with E-state index in [0.717, 1.165) is 34.1 Å². The van der Waals surface area contributed by atoms with Gasteiger partial charge in [-0.1, -0.05) is 176 Å². The average molecular weight is 801 g/mol. The summed E-state index contributed by atoms with van der Waals surface area (Å²) >= 11 is 0. The Kier molecular flexibility index (Phi) is 7.85. The highest BCUT2D eigenvalue weighted by molar-refractivity contribution is 6.09. The molecule has 2 aliphatic rings. The molecular weight excluding hydrogens is 761 g/mol. The van der Waals surface area contributed by atoms with Gasteiger partial charge in [0.05, 0.1) is 11.1 Å². The van der Waals surface area contributed by atoms with Crippen LogP contribution in [0.15, 0.2) is 243 Å². The fourth-order valence-corrected chi connectivity index (χ4v) is 11.0. The molecule has 0 bridgehead atoms. The van der Waals surface area contributed by atoms with Crippen LogP contribution in [-0.4, -0.2) is 0 Å². The van der Waals surface area contributed by atoms with Crippen LogP contribution < -0.4 is 9.80 Å². The first kappa shape index (κ1) is 35.5. The molecule has 1 unspecified atom stereocenters. The molecule has 1 atom stereocenters. The zero-order chi connectivity index (χ0) is 41.5. The zero-order valence-corrected chi connectivity index (χ0v) is 34.5. The minimum absolute atomic E-state index is 0.555. The summed E-state index contributed by atoms with van der Waals surface area (Å²) in [7, 11) is 0. The van der Waals surface area contributed by atoms with Gasteiger partial charge in [0.15, 0.2) is 0 Å². The van der Waals surface area contributed by atoms with Crippen molar-refractivity contribution in [3.8, 4) is 22.3 Å². The Hall–Kier alpha value is -8.20. The van der Waals surface area contributed by atoms with E-state index in [-0.39, 0.29) is 0 Å². The first-order valence-corrected chi connectivity index (χ1v) is 21.8. The van der Waals surface area contributed by atoms with E-state index in [1.54, 1.807) is 0 Å². The maximum Gasteiger partial charge on any atom is 0.0727 e. The number of anilines is 6. The molecule has 11 aromatic rings. The SMILES string of the molecule is c1ccc(N(c2ccc3c(c2)C2(c4ccccc4-3)c3ccccc3-c3c(N(c4ccccc4)c4ccc5ccccc5c4)cccc32)c2ccc3c(ccc4ccccc43)c2)cc1. The van der Waals surface area contributed by atoms with Crippen LogP contribution in [0.4, 0.5) is 34.1 Å². The van der Waals surface area contributed by atoms with Crippen LogP contribution in [0.25, 0.3) is 54.6 Å². The summed E-state index contributed by atoms with van der Waals surface area (Å²) in [5.41, 5.74) is 16.5. The summed E-state index contributed by atoms with van der Waals surface area (Å²) in [6, 6.07) is 89.7. The monoisotopic (exact) mass is 800 g/mol. The van der Waals surface area contributed by atoms with E-state index in [0.29, 0.717) is 0 Å². The molecule has 0 fully saturated rings. The van der Waals surface area contributed by atoms with Crippen molar-refractivity contribution in [3.05, 3.63) is 265 Å². The Morgan fingerprint density at radius 1 is 0.254 bits per heavy atom. The Bertz CT molecular complexity index is 3590. The van der Waals surface area contributed by atoms with Gasteiger partial charge >= 0.3 is 0 Å². The minimum atomic E-state index is -0.555. The lowest BCUT2D eigenvalue weighted by Crippen LogP contribution is -2.26. The standard InChI is InChI=1S/C61H40N2/c1-3-19-45(20-4-1)62(47-34-36-51-44(39-47)31-30-42-17-9-10-23-50(42)51)49-35-37-53-52-24-11-13-26-55(52)61(58(53)40-49)56-27-14-12-25-54(56)60-57(61)28-15-29-59(60)63(46-21-5-2-6-22-46)48-33-32-41-16-7-8-18-43(41)38-48/h1-40H. The summed E-state index contributed by atoms with van der Waals surface area (Å²) < 4.78 is 0. The summed E-state index contributed by atoms with van der Waals surface area (Å²) in [6.07, 6.45) is 0. The predicted octanol–water partition coefficient (Wildman–Crippen LogP) is 16.4. The first-order valence-electron chi connectivity index (χ1n) is 21.8. The lowest BCUT2D eigenvalue weighted by atomic mass is 9.70. The maximum atomic E-state index is 2.49. The Morgan fingerprint density at radius 3 is 1.57 bits per heavy atom. The van der Waals surface area contributed by atoms with E-state index >= 15 is 0 Å². The molecule has 0 aliphatic heterocycles. The number of fused-ring (bicyclic) bond motifs is 14. The van der Waals surface area contributed by atoms with Gasteiger partial charge in [-0.3, -0.25) is 0 Å². The maximum absolute atomic E-state index is 2.49. The number of nitrogens with zero attached hydrogens (tertiary/aromatic N) is 2. The van der Waals surface area contributed by atoms with Crippen molar-refractivity contribution in [1.29, 1.82) is 0 Å². The van der Waals surface area contributed by atoms with Gasteiger partial charge in [-0.2, -0.15) is 0 Å². The molecule has 11 aromatic carbocycles. The first-order chi connectivity index (χ1) is 31.3. The second-order valence-electron chi connectivity index (χ2n) is 16.8. The van der Waals surface area contributed by atoms with Crippen LogP contribution in [0.5, 0.6) is 0 Å². The van der Waals surface area contributed by atoms with Crippen molar-refractivity contribution in [3.63, 3.8) is 0 Å². The lowest BCUT2D eigenvalue weighted by Gasteiger charge is -2.33. The highest BCUT2D eigenvalue weighted by atomic mass is 15.1. The molecule has 2 aliphatic carbocycles. The highest BCUT2D eigenvalue weighted by Crippen LogP contribution is 2.65. The molecule has 2 nitrogen and oxygen atoms in total. The smallest absolute Gasteiger partial charge is 0.0727 e. The van der Waals surface area contributed by atoms with E-state index in [1.165, 1.54) is 76.8 Å². The third-order valence-electron chi connectivity index (χ3n) is 13.6. The van der Waals surface area contributed by atoms with Crippen LogP contribution in [0, 0.1) is 0 Å². The van der Waals surface area contributed by atoms with Crippen LogP contribution in [0.3, 0.4) is 0 Å². The van der Waals surface area contributed by atoms with Crippen LogP contribution in [0.1, 0.15) is 22.3 Å². The predicted molar refractivity (Wildman–Crippen MR) is 265 cm³/mol. The van der Waals surface area contributed by atoms with E-state index in [2.05, 4.69) is 252 Å². The van der Waals surface area contributed by atoms with Gasteiger partial charge in [0.2, 0.25) is 0 Å². The third kappa shape index (κ3) is 5.25. The normalized spacial score (nSPS) is 14.4.